The molecule has 0 aromatic heterocycles. The normalized spacial score (nSPS) is 26.8. The molecule has 0 saturated heterocycles. The van der Waals surface area contributed by atoms with E-state index in [0.717, 1.165) is 30.6 Å². The van der Waals surface area contributed by atoms with Gasteiger partial charge in [0.25, 0.3) is 0 Å². The number of hydrogen-bond donors (Lipinski definition) is 1. The van der Waals surface area contributed by atoms with Crippen LogP contribution in [0.2, 0.25) is 0 Å². The predicted molar refractivity (Wildman–Crippen MR) is 82.9 cm³/mol. The van der Waals surface area contributed by atoms with Crippen molar-refractivity contribution in [2.45, 2.75) is 58.5 Å². The maximum absolute atomic E-state index is 11.2. The number of benzene rings is 1. The minimum atomic E-state index is -0.705. The van der Waals surface area contributed by atoms with Crippen LogP contribution in [0.25, 0.3) is 0 Å². The van der Waals surface area contributed by atoms with Crippen LogP contribution >= 0.6 is 0 Å². The molecule has 1 aliphatic carbocycles. The van der Waals surface area contributed by atoms with E-state index >= 15 is 0 Å². The lowest BCUT2D eigenvalue weighted by Crippen LogP contribution is -2.33. The predicted octanol–water partition coefficient (Wildman–Crippen LogP) is 4.51. The molecule has 1 aromatic rings. The van der Waals surface area contributed by atoms with Crippen LogP contribution < -0.4 is 4.74 Å². The first-order chi connectivity index (χ1) is 9.55. The van der Waals surface area contributed by atoms with Gasteiger partial charge in [0.1, 0.15) is 5.75 Å². The fourth-order valence-electron chi connectivity index (χ4n) is 3.61. The summed E-state index contributed by atoms with van der Waals surface area (Å²) in [7, 11) is 0. The highest BCUT2D eigenvalue weighted by Gasteiger charge is 2.37. The highest BCUT2D eigenvalue weighted by molar-refractivity contribution is 5.38. The van der Waals surface area contributed by atoms with Gasteiger partial charge in [-0.1, -0.05) is 38.5 Å². The van der Waals surface area contributed by atoms with E-state index in [1.165, 1.54) is 12.8 Å². The fraction of sp³-hybridized carbons (Fsp3) is 0.667. The van der Waals surface area contributed by atoms with Crippen molar-refractivity contribution in [3.05, 3.63) is 29.8 Å². The highest BCUT2D eigenvalue weighted by atomic mass is 16.5. The molecule has 2 heteroatoms. The first kappa shape index (κ1) is 15.4. The number of para-hydroxylation sites is 1. The van der Waals surface area contributed by atoms with Gasteiger partial charge < -0.3 is 9.84 Å². The van der Waals surface area contributed by atoms with Crippen molar-refractivity contribution in [3.63, 3.8) is 0 Å². The van der Waals surface area contributed by atoms with E-state index in [2.05, 4.69) is 13.8 Å². The maximum Gasteiger partial charge on any atom is 0.125 e. The Kier molecular flexibility index (Phi) is 5.09. The summed E-state index contributed by atoms with van der Waals surface area (Å²) in [6, 6.07) is 7.99. The van der Waals surface area contributed by atoms with Crippen LogP contribution in [0.4, 0.5) is 0 Å². The quantitative estimate of drug-likeness (QED) is 0.857. The topological polar surface area (TPSA) is 29.5 Å². The van der Waals surface area contributed by atoms with E-state index in [4.69, 9.17) is 4.74 Å². The second-order valence-electron chi connectivity index (χ2n) is 6.55. The van der Waals surface area contributed by atoms with Gasteiger partial charge in [-0.2, -0.15) is 0 Å². The number of hydrogen-bond acceptors (Lipinski definition) is 2. The van der Waals surface area contributed by atoms with E-state index in [1.807, 2.05) is 31.2 Å². The standard InChI is InChI=1S/C18H28O2/c1-4-20-17-10-6-5-9-16(17)18(19)11-7-8-15(13-18)12-14(2)3/h5-6,9-10,14-15,19H,4,7-8,11-13H2,1-3H3. The van der Waals surface area contributed by atoms with Gasteiger partial charge in [0.05, 0.1) is 12.2 Å². The first-order valence-electron chi connectivity index (χ1n) is 8.00. The van der Waals surface area contributed by atoms with E-state index in [1.54, 1.807) is 0 Å². The molecule has 2 rings (SSSR count). The molecule has 0 bridgehead atoms. The van der Waals surface area contributed by atoms with Gasteiger partial charge in [-0.3, -0.25) is 0 Å². The molecule has 0 radical (unpaired) electrons. The number of aliphatic hydroxyl groups is 1. The minimum absolute atomic E-state index is 0.628. The molecule has 0 amide bonds. The summed E-state index contributed by atoms with van der Waals surface area (Å²) < 4.78 is 5.71. The summed E-state index contributed by atoms with van der Waals surface area (Å²) in [6.45, 7) is 7.16. The van der Waals surface area contributed by atoms with Crippen LogP contribution in [0, 0.1) is 11.8 Å². The molecule has 112 valence electrons. The van der Waals surface area contributed by atoms with Crippen molar-refractivity contribution in [1.29, 1.82) is 0 Å². The summed E-state index contributed by atoms with van der Waals surface area (Å²) in [5, 5.41) is 11.2. The first-order valence-corrected chi connectivity index (χ1v) is 8.00. The van der Waals surface area contributed by atoms with E-state index in [0.29, 0.717) is 18.4 Å². The zero-order valence-electron chi connectivity index (χ0n) is 13.1. The van der Waals surface area contributed by atoms with Crippen LogP contribution in [0.1, 0.15) is 58.4 Å². The Morgan fingerprint density at radius 1 is 1.35 bits per heavy atom. The Morgan fingerprint density at radius 3 is 2.80 bits per heavy atom. The summed E-state index contributed by atoms with van der Waals surface area (Å²) in [4.78, 5) is 0. The van der Waals surface area contributed by atoms with E-state index in [-0.39, 0.29) is 0 Å². The Labute approximate surface area is 123 Å². The zero-order chi connectivity index (χ0) is 14.6. The summed E-state index contributed by atoms with van der Waals surface area (Å²) in [5.41, 5.74) is 0.277. The number of rotatable bonds is 5. The third-order valence-corrected chi connectivity index (χ3v) is 4.32. The van der Waals surface area contributed by atoms with Crippen molar-refractivity contribution >= 4 is 0 Å². The average Bonchev–Trinajstić information content (AvgIpc) is 2.39. The van der Waals surface area contributed by atoms with Gasteiger partial charge in [0.2, 0.25) is 0 Å². The molecule has 2 unspecified atom stereocenters. The van der Waals surface area contributed by atoms with Crippen LogP contribution in [-0.4, -0.2) is 11.7 Å². The van der Waals surface area contributed by atoms with Crippen molar-refractivity contribution in [2.24, 2.45) is 11.8 Å². The van der Waals surface area contributed by atoms with Gasteiger partial charge in [0.15, 0.2) is 0 Å². The number of ether oxygens (including phenoxy) is 1. The average molecular weight is 276 g/mol. The molecule has 1 N–H and O–H groups in total. The summed E-state index contributed by atoms with van der Waals surface area (Å²) >= 11 is 0. The molecule has 2 atom stereocenters. The molecule has 1 saturated carbocycles. The van der Waals surface area contributed by atoms with Gasteiger partial charge in [-0.15, -0.1) is 0 Å². The van der Waals surface area contributed by atoms with Crippen molar-refractivity contribution in [1.82, 2.24) is 0 Å². The third kappa shape index (κ3) is 3.54. The summed E-state index contributed by atoms with van der Waals surface area (Å²) in [5.74, 6) is 2.18. The van der Waals surface area contributed by atoms with Crippen LogP contribution in [0.5, 0.6) is 5.75 Å². The Balaban J connectivity index is 2.21. The monoisotopic (exact) mass is 276 g/mol. The van der Waals surface area contributed by atoms with Crippen molar-refractivity contribution in [3.8, 4) is 5.75 Å². The molecule has 0 spiro atoms. The van der Waals surface area contributed by atoms with Gasteiger partial charge >= 0.3 is 0 Å². The molecule has 0 aliphatic heterocycles. The highest BCUT2D eigenvalue weighted by Crippen LogP contribution is 2.44. The lowest BCUT2D eigenvalue weighted by Gasteiger charge is -2.38. The van der Waals surface area contributed by atoms with E-state index < -0.39 is 5.60 Å². The van der Waals surface area contributed by atoms with Crippen molar-refractivity contribution in [2.75, 3.05) is 6.61 Å². The SMILES string of the molecule is CCOc1ccccc1C1(O)CCCC(CC(C)C)C1. The third-order valence-electron chi connectivity index (χ3n) is 4.32. The van der Waals surface area contributed by atoms with Crippen LogP contribution in [0.3, 0.4) is 0 Å². The van der Waals surface area contributed by atoms with Gasteiger partial charge in [-0.05, 0) is 50.5 Å². The largest absolute Gasteiger partial charge is 0.493 e. The molecular formula is C18H28O2. The van der Waals surface area contributed by atoms with E-state index in [9.17, 15) is 5.11 Å². The van der Waals surface area contributed by atoms with Gasteiger partial charge in [0, 0.05) is 5.56 Å². The Morgan fingerprint density at radius 2 is 2.10 bits per heavy atom. The zero-order valence-corrected chi connectivity index (χ0v) is 13.1. The molecule has 20 heavy (non-hydrogen) atoms. The minimum Gasteiger partial charge on any atom is -0.493 e. The molecule has 1 aromatic carbocycles. The molecule has 0 heterocycles. The maximum atomic E-state index is 11.2. The molecule has 1 aliphatic rings. The van der Waals surface area contributed by atoms with Crippen molar-refractivity contribution < 1.29 is 9.84 Å². The molecule has 2 nitrogen and oxygen atoms in total. The fourth-order valence-corrected chi connectivity index (χ4v) is 3.61. The van der Waals surface area contributed by atoms with Crippen LogP contribution in [0.15, 0.2) is 24.3 Å². The molecular weight excluding hydrogens is 248 g/mol. The summed E-state index contributed by atoms with van der Waals surface area (Å²) in [6.07, 6.45) is 5.28. The smallest absolute Gasteiger partial charge is 0.125 e. The lowest BCUT2D eigenvalue weighted by molar-refractivity contribution is -0.0263. The lowest BCUT2D eigenvalue weighted by atomic mass is 9.72. The second-order valence-corrected chi connectivity index (χ2v) is 6.55. The van der Waals surface area contributed by atoms with Crippen LogP contribution in [-0.2, 0) is 5.60 Å². The Hall–Kier alpha value is -1.02. The van der Waals surface area contributed by atoms with Gasteiger partial charge in [-0.25, -0.2) is 0 Å². The Bertz CT molecular complexity index is 427. The molecule has 1 fully saturated rings. The second kappa shape index (κ2) is 6.62.